The van der Waals surface area contributed by atoms with Crippen LogP contribution in [0, 0.1) is 13.8 Å². The Morgan fingerprint density at radius 3 is 2.81 bits per heavy atom. The van der Waals surface area contributed by atoms with Gasteiger partial charge in [0.2, 0.25) is 11.8 Å². The van der Waals surface area contributed by atoms with E-state index in [2.05, 4.69) is 10.6 Å². The van der Waals surface area contributed by atoms with Crippen LogP contribution in [0.1, 0.15) is 53.6 Å². The van der Waals surface area contributed by atoms with Crippen molar-refractivity contribution in [2.24, 2.45) is 0 Å². The molecule has 0 spiro atoms. The van der Waals surface area contributed by atoms with Crippen LogP contribution in [-0.4, -0.2) is 47.8 Å². The molecular formula is C20H27N3O3. The molecule has 2 aliphatic rings. The van der Waals surface area contributed by atoms with Crippen LogP contribution >= 0.6 is 0 Å². The number of rotatable bonds is 4. The molecule has 0 aromatic heterocycles. The summed E-state index contributed by atoms with van der Waals surface area (Å²) in [5.74, 6) is -0.179. The number of aryl methyl sites for hydroxylation is 2. The first kappa shape index (κ1) is 18.4. The van der Waals surface area contributed by atoms with Gasteiger partial charge in [-0.1, -0.05) is 17.7 Å². The second-order valence-electron chi connectivity index (χ2n) is 7.37. The van der Waals surface area contributed by atoms with Crippen LogP contribution in [0.2, 0.25) is 0 Å². The number of hydrogen-bond donors (Lipinski definition) is 2. The molecule has 6 heteroatoms. The van der Waals surface area contributed by atoms with E-state index in [1.807, 2.05) is 36.9 Å². The summed E-state index contributed by atoms with van der Waals surface area (Å²) in [5.41, 5.74) is 2.78. The summed E-state index contributed by atoms with van der Waals surface area (Å²) < 4.78 is 0. The van der Waals surface area contributed by atoms with Gasteiger partial charge in [0.1, 0.15) is 6.04 Å². The Kier molecular flexibility index (Phi) is 5.59. The van der Waals surface area contributed by atoms with E-state index >= 15 is 0 Å². The topological polar surface area (TPSA) is 78.5 Å². The number of likely N-dealkylation sites (tertiary alicyclic amines) is 1. The number of nitrogens with one attached hydrogen (secondary N) is 2. The minimum atomic E-state index is -0.444. The van der Waals surface area contributed by atoms with Crippen molar-refractivity contribution in [2.75, 3.05) is 13.1 Å². The highest BCUT2D eigenvalue weighted by atomic mass is 16.2. The quantitative estimate of drug-likeness (QED) is 0.861. The summed E-state index contributed by atoms with van der Waals surface area (Å²) in [4.78, 5) is 38.6. The molecule has 2 N–H and O–H groups in total. The SMILES string of the molecule is Cc1ccc(C)c(C(=O)N2CCC[C@@H]2CNC(=O)[C@H]2CCCC(=O)N2)c1. The fraction of sp³-hybridized carbons (Fsp3) is 0.550. The van der Waals surface area contributed by atoms with Crippen LogP contribution in [0.3, 0.4) is 0 Å². The zero-order chi connectivity index (χ0) is 18.7. The van der Waals surface area contributed by atoms with E-state index in [4.69, 9.17) is 0 Å². The Balaban J connectivity index is 1.61. The first-order valence-electron chi connectivity index (χ1n) is 9.41. The molecule has 0 bridgehead atoms. The first-order valence-corrected chi connectivity index (χ1v) is 9.41. The maximum Gasteiger partial charge on any atom is 0.254 e. The number of amides is 3. The summed E-state index contributed by atoms with van der Waals surface area (Å²) in [7, 11) is 0. The van der Waals surface area contributed by atoms with E-state index in [1.54, 1.807) is 0 Å². The standard InChI is InChI=1S/C20H27N3O3/c1-13-8-9-14(2)16(11-13)20(26)23-10-4-5-15(23)12-21-19(25)17-6-3-7-18(24)22-17/h8-9,11,15,17H,3-7,10,12H2,1-2H3,(H,21,25)(H,22,24)/t15-,17-/m1/s1. The molecule has 1 aromatic carbocycles. The number of piperidine rings is 1. The third kappa shape index (κ3) is 4.06. The molecule has 0 unspecified atom stereocenters. The lowest BCUT2D eigenvalue weighted by atomic mass is 10.0. The molecule has 0 radical (unpaired) electrons. The third-order valence-electron chi connectivity index (χ3n) is 5.32. The van der Waals surface area contributed by atoms with E-state index in [9.17, 15) is 14.4 Å². The van der Waals surface area contributed by atoms with E-state index in [0.29, 0.717) is 25.9 Å². The number of carbonyl (C=O) groups is 3. The van der Waals surface area contributed by atoms with Crippen LogP contribution in [0.25, 0.3) is 0 Å². The van der Waals surface area contributed by atoms with Gasteiger partial charge in [0.25, 0.3) is 5.91 Å². The minimum Gasteiger partial charge on any atom is -0.352 e. The van der Waals surface area contributed by atoms with E-state index in [1.165, 1.54) is 0 Å². The van der Waals surface area contributed by atoms with Crippen molar-refractivity contribution < 1.29 is 14.4 Å². The van der Waals surface area contributed by atoms with Crippen LogP contribution in [-0.2, 0) is 9.59 Å². The van der Waals surface area contributed by atoms with Gasteiger partial charge < -0.3 is 15.5 Å². The van der Waals surface area contributed by atoms with Crippen molar-refractivity contribution in [2.45, 2.75) is 58.0 Å². The van der Waals surface area contributed by atoms with Gasteiger partial charge >= 0.3 is 0 Å². The average Bonchev–Trinajstić information content (AvgIpc) is 3.09. The van der Waals surface area contributed by atoms with Crippen molar-refractivity contribution in [1.82, 2.24) is 15.5 Å². The molecule has 0 saturated carbocycles. The van der Waals surface area contributed by atoms with E-state index in [-0.39, 0.29) is 23.8 Å². The number of nitrogens with zero attached hydrogens (tertiary/aromatic N) is 1. The summed E-state index contributed by atoms with van der Waals surface area (Å²) in [5, 5.41) is 5.66. The highest BCUT2D eigenvalue weighted by molar-refractivity contribution is 5.96. The van der Waals surface area contributed by atoms with Gasteiger partial charge in [0.15, 0.2) is 0 Å². The molecule has 2 atom stereocenters. The smallest absolute Gasteiger partial charge is 0.254 e. The Hall–Kier alpha value is -2.37. The molecule has 3 rings (SSSR count). The predicted molar refractivity (Wildman–Crippen MR) is 98.8 cm³/mol. The van der Waals surface area contributed by atoms with Crippen molar-refractivity contribution in [3.63, 3.8) is 0 Å². The molecule has 6 nitrogen and oxygen atoms in total. The lowest BCUT2D eigenvalue weighted by molar-refractivity contribution is -0.131. The summed E-state index contributed by atoms with van der Waals surface area (Å²) in [6.45, 7) is 5.08. The normalized spacial score (nSPS) is 22.8. The van der Waals surface area contributed by atoms with Crippen LogP contribution < -0.4 is 10.6 Å². The Bertz CT molecular complexity index is 716. The molecule has 2 fully saturated rings. The van der Waals surface area contributed by atoms with Gasteiger partial charge in [-0.2, -0.15) is 0 Å². The van der Waals surface area contributed by atoms with Crippen molar-refractivity contribution in [3.05, 3.63) is 34.9 Å². The van der Waals surface area contributed by atoms with Crippen molar-refractivity contribution >= 4 is 17.7 Å². The fourth-order valence-corrected chi connectivity index (χ4v) is 3.78. The van der Waals surface area contributed by atoms with Gasteiger partial charge in [-0.3, -0.25) is 14.4 Å². The maximum absolute atomic E-state index is 13.0. The number of benzene rings is 1. The highest BCUT2D eigenvalue weighted by Crippen LogP contribution is 2.22. The van der Waals surface area contributed by atoms with E-state index < -0.39 is 6.04 Å². The molecule has 140 valence electrons. The first-order chi connectivity index (χ1) is 12.5. The lowest BCUT2D eigenvalue weighted by Gasteiger charge is -2.27. The Morgan fingerprint density at radius 2 is 2.04 bits per heavy atom. The molecule has 26 heavy (non-hydrogen) atoms. The summed E-state index contributed by atoms with van der Waals surface area (Å²) in [6.07, 6.45) is 3.73. The summed E-state index contributed by atoms with van der Waals surface area (Å²) in [6, 6.07) is 5.47. The van der Waals surface area contributed by atoms with Crippen LogP contribution in [0.4, 0.5) is 0 Å². The molecule has 2 saturated heterocycles. The Morgan fingerprint density at radius 1 is 1.23 bits per heavy atom. The zero-order valence-electron chi connectivity index (χ0n) is 15.5. The van der Waals surface area contributed by atoms with Gasteiger partial charge in [0.05, 0.1) is 0 Å². The predicted octanol–water partition coefficient (Wildman–Crippen LogP) is 1.69. The van der Waals surface area contributed by atoms with Crippen molar-refractivity contribution in [3.8, 4) is 0 Å². The summed E-state index contributed by atoms with van der Waals surface area (Å²) >= 11 is 0. The van der Waals surface area contributed by atoms with Crippen LogP contribution in [0.5, 0.6) is 0 Å². The van der Waals surface area contributed by atoms with Crippen molar-refractivity contribution in [1.29, 1.82) is 0 Å². The molecule has 1 aromatic rings. The average molecular weight is 357 g/mol. The highest BCUT2D eigenvalue weighted by Gasteiger charge is 2.31. The zero-order valence-corrected chi connectivity index (χ0v) is 15.5. The van der Waals surface area contributed by atoms with Gasteiger partial charge in [0, 0.05) is 31.1 Å². The number of carbonyl (C=O) groups excluding carboxylic acids is 3. The molecular weight excluding hydrogens is 330 g/mol. The molecule has 2 aliphatic heterocycles. The molecule has 2 heterocycles. The fourth-order valence-electron chi connectivity index (χ4n) is 3.78. The second kappa shape index (κ2) is 7.89. The second-order valence-corrected chi connectivity index (χ2v) is 7.37. The monoisotopic (exact) mass is 357 g/mol. The Labute approximate surface area is 154 Å². The van der Waals surface area contributed by atoms with Gasteiger partial charge in [-0.25, -0.2) is 0 Å². The largest absolute Gasteiger partial charge is 0.352 e. The molecule has 0 aliphatic carbocycles. The number of hydrogen-bond acceptors (Lipinski definition) is 3. The van der Waals surface area contributed by atoms with E-state index in [0.717, 1.165) is 36.0 Å². The third-order valence-corrected chi connectivity index (χ3v) is 5.32. The lowest BCUT2D eigenvalue weighted by Crippen LogP contribution is -2.51. The maximum atomic E-state index is 13.0. The van der Waals surface area contributed by atoms with Gasteiger partial charge in [-0.05, 0) is 51.2 Å². The van der Waals surface area contributed by atoms with Crippen LogP contribution in [0.15, 0.2) is 18.2 Å². The molecule has 3 amide bonds. The minimum absolute atomic E-state index is 0.00524. The van der Waals surface area contributed by atoms with Gasteiger partial charge in [-0.15, -0.1) is 0 Å².